The Morgan fingerprint density at radius 1 is 1.23 bits per heavy atom. The molecule has 1 fully saturated rings. The standard InChI is InChI=1S/C20H22FN3O2/c1-2-19(25)24-12-17(14-6-5-7-15(21)10-14)18(13-24)20(26)23-11-16-8-3-4-9-22-16/h3-10,17-18H,2,11-13H2,1H3,(H,23,26)/t17-,18+/m1/s1. The van der Waals surface area contributed by atoms with Crippen LogP contribution in [0.15, 0.2) is 48.7 Å². The normalized spacial score (nSPS) is 19.4. The lowest BCUT2D eigenvalue weighted by molar-refractivity contribution is -0.130. The van der Waals surface area contributed by atoms with Crippen LogP contribution in [0.5, 0.6) is 0 Å². The van der Waals surface area contributed by atoms with Gasteiger partial charge in [-0.25, -0.2) is 4.39 Å². The number of nitrogens with zero attached hydrogens (tertiary/aromatic N) is 2. The quantitative estimate of drug-likeness (QED) is 0.896. The SMILES string of the molecule is CCC(=O)N1C[C@H](C(=O)NCc2ccccn2)[C@@H](c2cccc(F)c2)C1. The molecule has 1 N–H and O–H groups in total. The van der Waals surface area contributed by atoms with Crippen LogP contribution < -0.4 is 5.32 Å². The zero-order valence-corrected chi connectivity index (χ0v) is 14.7. The lowest BCUT2D eigenvalue weighted by Crippen LogP contribution is -2.35. The molecule has 3 rings (SSSR count). The molecule has 0 radical (unpaired) electrons. The second-order valence-electron chi connectivity index (χ2n) is 6.46. The van der Waals surface area contributed by atoms with E-state index in [0.717, 1.165) is 11.3 Å². The van der Waals surface area contributed by atoms with E-state index in [9.17, 15) is 14.0 Å². The maximum Gasteiger partial charge on any atom is 0.225 e. The van der Waals surface area contributed by atoms with Crippen LogP contribution in [-0.4, -0.2) is 34.8 Å². The molecule has 5 nitrogen and oxygen atoms in total. The van der Waals surface area contributed by atoms with Crippen LogP contribution >= 0.6 is 0 Å². The van der Waals surface area contributed by atoms with Gasteiger partial charge < -0.3 is 10.2 Å². The molecule has 1 saturated heterocycles. The minimum atomic E-state index is -0.406. The van der Waals surface area contributed by atoms with Gasteiger partial charge in [0.2, 0.25) is 11.8 Å². The fraction of sp³-hybridized carbons (Fsp3) is 0.350. The predicted octanol–water partition coefficient (Wildman–Crippen LogP) is 2.49. The van der Waals surface area contributed by atoms with E-state index >= 15 is 0 Å². The van der Waals surface area contributed by atoms with Crippen LogP contribution in [0.3, 0.4) is 0 Å². The summed E-state index contributed by atoms with van der Waals surface area (Å²) in [6.07, 6.45) is 2.06. The first-order chi connectivity index (χ1) is 12.6. The molecule has 26 heavy (non-hydrogen) atoms. The van der Waals surface area contributed by atoms with Crippen molar-refractivity contribution in [2.24, 2.45) is 5.92 Å². The number of amides is 2. The Kier molecular flexibility index (Phi) is 5.61. The minimum Gasteiger partial charge on any atom is -0.350 e. The molecule has 1 aliphatic heterocycles. The van der Waals surface area contributed by atoms with Crippen LogP contribution in [0, 0.1) is 11.7 Å². The number of pyridine rings is 1. The number of carbonyl (C=O) groups excluding carboxylic acids is 2. The van der Waals surface area contributed by atoms with E-state index in [1.807, 2.05) is 24.3 Å². The molecular formula is C20H22FN3O2. The number of hydrogen-bond donors (Lipinski definition) is 1. The summed E-state index contributed by atoms with van der Waals surface area (Å²) in [6.45, 7) is 2.90. The van der Waals surface area contributed by atoms with Gasteiger partial charge in [-0.3, -0.25) is 14.6 Å². The highest BCUT2D eigenvalue weighted by Gasteiger charge is 2.39. The van der Waals surface area contributed by atoms with Gasteiger partial charge in [-0.2, -0.15) is 0 Å². The largest absolute Gasteiger partial charge is 0.350 e. The molecule has 0 bridgehead atoms. The first-order valence-corrected chi connectivity index (χ1v) is 8.79. The van der Waals surface area contributed by atoms with Gasteiger partial charge in [0.25, 0.3) is 0 Å². The Balaban J connectivity index is 1.76. The highest BCUT2D eigenvalue weighted by Crippen LogP contribution is 2.33. The summed E-state index contributed by atoms with van der Waals surface area (Å²) < 4.78 is 13.7. The van der Waals surface area contributed by atoms with Crippen molar-refractivity contribution in [1.82, 2.24) is 15.2 Å². The average Bonchev–Trinajstić information content (AvgIpc) is 3.12. The van der Waals surface area contributed by atoms with E-state index < -0.39 is 5.92 Å². The van der Waals surface area contributed by atoms with Gasteiger partial charge in [0, 0.05) is 31.6 Å². The molecule has 2 aromatic rings. The molecule has 1 aromatic heterocycles. The smallest absolute Gasteiger partial charge is 0.225 e. The zero-order chi connectivity index (χ0) is 18.5. The lowest BCUT2D eigenvalue weighted by atomic mass is 9.88. The molecule has 0 saturated carbocycles. The minimum absolute atomic E-state index is 0.00595. The van der Waals surface area contributed by atoms with Crippen molar-refractivity contribution >= 4 is 11.8 Å². The van der Waals surface area contributed by atoms with Gasteiger partial charge in [0.05, 0.1) is 18.2 Å². The maximum atomic E-state index is 13.7. The van der Waals surface area contributed by atoms with Crippen molar-refractivity contribution in [3.63, 3.8) is 0 Å². The van der Waals surface area contributed by atoms with Crippen LogP contribution in [0.25, 0.3) is 0 Å². The predicted molar refractivity (Wildman–Crippen MR) is 95.6 cm³/mol. The average molecular weight is 355 g/mol. The number of hydrogen-bond acceptors (Lipinski definition) is 3. The topological polar surface area (TPSA) is 62.3 Å². The number of benzene rings is 1. The Bertz CT molecular complexity index is 782. The summed E-state index contributed by atoms with van der Waals surface area (Å²) in [7, 11) is 0. The number of aromatic nitrogens is 1. The number of likely N-dealkylation sites (tertiary alicyclic amines) is 1. The Labute approximate surface area is 152 Å². The molecule has 6 heteroatoms. The first kappa shape index (κ1) is 18.0. The van der Waals surface area contributed by atoms with Crippen molar-refractivity contribution < 1.29 is 14.0 Å². The molecule has 1 aliphatic rings. The molecule has 0 aliphatic carbocycles. The van der Waals surface area contributed by atoms with Crippen LogP contribution in [0.1, 0.15) is 30.5 Å². The summed E-state index contributed by atoms with van der Waals surface area (Å²) in [4.78, 5) is 30.8. The van der Waals surface area contributed by atoms with Crippen molar-refractivity contribution in [1.29, 1.82) is 0 Å². The van der Waals surface area contributed by atoms with Gasteiger partial charge in [-0.05, 0) is 29.8 Å². The Morgan fingerprint density at radius 2 is 2.08 bits per heavy atom. The summed E-state index contributed by atoms with van der Waals surface area (Å²) >= 11 is 0. The van der Waals surface area contributed by atoms with Crippen LogP contribution in [0.4, 0.5) is 4.39 Å². The number of rotatable bonds is 5. The number of carbonyl (C=O) groups is 2. The molecule has 2 heterocycles. The van der Waals surface area contributed by atoms with Crippen LogP contribution in [0.2, 0.25) is 0 Å². The van der Waals surface area contributed by atoms with E-state index in [4.69, 9.17) is 0 Å². The first-order valence-electron chi connectivity index (χ1n) is 8.79. The number of nitrogens with one attached hydrogen (secondary N) is 1. The van der Waals surface area contributed by atoms with Gasteiger partial charge in [-0.15, -0.1) is 0 Å². The fourth-order valence-corrected chi connectivity index (χ4v) is 3.38. The monoisotopic (exact) mass is 355 g/mol. The molecule has 2 amide bonds. The lowest BCUT2D eigenvalue weighted by Gasteiger charge is -2.18. The third-order valence-electron chi connectivity index (χ3n) is 4.76. The molecule has 0 unspecified atom stereocenters. The maximum absolute atomic E-state index is 13.7. The summed E-state index contributed by atoms with van der Waals surface area (Å²) in [6, 6.07) is 11.8. The molecule has 1 aromatic carbocycles. The van der Waals surface area contributed by atoms with E-state index in [0.29, 0.717) is 26.1 Å². The summed E-state index contributed by atoms with van der Waals surface area (Å²) in [5.41, 5.74) is 1.51. The second-order valence-corrected chi connectivity index (χ2v) is 6.46. The van der Waals surface area contributed by atoms with Crippen molar-refractivity contribution in [2.75, 3.05) is 13.1 Å². The van der Waals surface area contributed by atoms with Crippen molar-refractivity contribution in [3.05, 3.63) is 65.7 Å². The highest BCUT2D eigenvalue weighted by molar-refractivity contribution is 5.83. The summed E-state index contributed by atoms with van der Waals surface area (Å²) in [5, 5.41) is 2.90. The van der Waals surface area contributed by atoms with Crippen molar-refractivity contribution in [2.45, 2.75) is 25.8 Å². The van der Waals surface area contributed by atoms with E-state index in [1.165, 1.54) is 12.1 Å². The Hall–Kier alpha value is -2.76. The highest BCUT2D eigenvalue weighted by atomic mass is 19.1. The third kappa shape index (κ3) is 4.07. The second kappa shape index (κ2) is 8.08. The van der Waals surface area contributed by atoms with Gasteiger partial charge in [0.15, 0.2) is 0 Å². The molecule has 0 spiro atoms. The van der Waals surface area contributed by atoms with Gasteiger partial charge in [-0.1, -0.05) is 25.1 Å². The zero-order valence-electron chi connectivity index (χ0n) is 14.7. The van der Waals surface area contributed by atoms with E-state index in [1.54, 1.807) is 24.1 Å². The van der Waals surface area contributed by atoms with Gasteiger partial charge in [0.1, 0.15) is 5.82 Å². The van der Waals surface area contributed by atoms with Crippen molar-refractivity contribution in [3.8, 4) is 0 Å². The van der Waals surface area contributed by atoms with E-state index in [-0.39, 0.29) is 23.5 Å². The Morgan fingerprint density at radius 3 is 2.77 bits per heavy atom. The third-order valence-corrected chi connectivity index (χ3v) is 4.76. The number of halogens is 1. The fourth-order valence-electron chi connectivity index (χ4n) is 3.38. The molecule has 136 valence electrons. The summed E-state index contributed by atoms with van der Waals surface area (Å²) in [5.74, 6) is -1.10. The molecular weight excluding hydrogens is 333 g/mol. The van der Waals surface area contributed by atoms with E-state index in [2.05, 4.69) is 10.3 Å². The molecule has 2 atom stereocenters. The van der Waals surface area contributed by atoms with Crippen LogP contribution in [-0.2, 0) is 16.1 Å². The van der Waals surface area contributed by atoms with Gasteiger partial charge >= 0.3 is 0 Å².